The lowest BCUT2D eigenvalue weighted by molar-refractivity contribution is 0.0274. The van der Waals surface area contributed by atoms with Crippen LogP contribution in [-0.4, -0.2) is 22.2 Å². The Balaban J connectivity index is 2.05. The summed E-state index contributed by atoms with van der Waals surface area (Å²) in [7, 11) is 0. The van der Waals surface area contributed by atoms with Crippen LogP contribution in [0.1, 0.15) is 17.7 Å². The summed E-state index contributed by atoms with van der Waals surface area (Å²) in [5.74, 6) is 0.416. The summed E-state index contributed by atoms with van der Waals surface area (Å²) in [6.07, 6.45) is 4.71. The molecule has 2 rings (SSSR count). The van der Waals surface area contributed by atoms with Crippen LogP contribution >= 0.6 is 11.3 Å². The number of aliphatic hydroxyl groups is 1. The van der Waals surface area contributed by atoms with Crippen molar-refractivity contribution in [3.8, 4) is 0 Å². The Morgan fingerprint density at radius 3 is 2.92 bits per heavy atom. The molecule has 0 amide bonds. The monoisotopic (exact) mass is 198 g/mol. The van der Waals surface area contributed by atoms with Gasteiger partial charge in [0.2, 0.25) is 0 Å². The molecule has 3 nitrogen and oxygen atoms in total. The second kappa shape index (κ2) is 3.36. The first kappa shape index (κ1) is 9.12. The number of nitrogens with two attached hydrogens (primary N) is 1. The Kier molecular flexibility index (Phi) is 2.36. The minimum atomic E-state index is -0.674. The predicted molar refractivity (Wildman–Crippen MR) is 52.5 cm³/mol. The van der Waals surface area contributed by atoms with E-state index in [1.54, 1.807) is 16.8 Å². The molecular weight excluding hydrogens is 184 g/mol. The highest BCUT2D eigenvalue weighted by Crippen LogP contribution is 2.41. The van der Waals surface area contributed by atoms with Gasteiger partial charge in [-0.3, -0.25) is 4.98 Å². The summed E-state index contributed by atoms with van der Waals surface area (Å²) in [6.45, 7) is 0.357. The molecule has 1 aromatic rings. The highest BCUT2D eigenvalue weighted by molar-refractivity contribution is 7.09. The summed E-state index contributed by atoms with van der Waals surface area (Å²) in [6, 6.07) is 0. The van der Waals surface area contributed by atoms with Crippen LogP contribution in [0.3, 0.4) is 0 Å². The van der Waals surface area contributed by atoms with Gasteiger partial charge in [-0.15, -0.1) is 11.3 Å². The maximum Gasteiger partial charge on any atom is 0.0845 e. The van der Waals surface area contributed by atoms with E-state index in [1.165, 1.54) is 0 Å². The molecule has 3 N–H and O–H groups in total. The number of nitrogens with zero attached hydrogens (tertiary/aromatic N) is 1. The molecule has 1 aliphatic rings. The van der Waals surface area contributed by atoms with Crippen molar-refractivity contribution in [2.75, 3.05) is 6.54 Å². The summed E-state index contributed by atoms with van der Waals surface area (Å²) in [4.78, 5) is 5.11. The van der Waals surface area contributed by atoms with E-state index in [9.17, 15) is 5.11 Å². The van der Waals surface area contributed by atoms with Crippen LogP contribution in [-0.2, 0) is 6.42 Å². The lowest BCUT2D eigenvalue weighted by Gasteiger charge is -2.25. The van der Waals surface area contributed by atoms with Crippen molar-refractivity contribution in [2.24, 2.45) is 11.7 Å². The molecule has 1 saturated carbocycles. The Bertz CT molecular complexity index is 271. The topological polar surface area (TPSA) is 59.1 Å². The molecule has 0 aromatic carbocycles. The van der Waals surface area contributed by atoms with Crippen molar-refractivity contribution in [3.05, 3.63) is 16.6 Å². The summed E-state index contributed by atoms with van der Waals surface area (Å²) < 4.78 is 0. The van der Waals surface area contributed by atoms with Gasteiger partial charge in [0, 0.05) is 24.0 Å². The summed E-state index contributed by atoms with van der Waals surface area (Å²) in [5, 5.41) is 10.2. The molecule has 1 fully saturated rings. The quantitative estimate of drug-likeness (QED) is 0.752. The lowest BCUT2D eigenvalue weighted by Crippen LogP contribution is -2.42. The molecule has 0 aliphatic heterocycles. The zero-order valence-electron chi connectivity index (χ0n) is 7.44. The van der Waals surface area contributed by atoms with Gasteiger partial charge in [0.25, 0.3) is 0 Å². The smallest absolute Gasteiger partial charge is 0.0845 e. The van der Waals surface area contributed by atoms with E-state index >= 15 is 0 Å². The fraction of sp³-hybridized carbons (Fsp3) is 0.667. The fourth-order valence-electron chi connectivity index (χ4n) is 1.63. The van der Waals surface area contributed by atoms with E-state index < -0.39 is 5.60 Å². The molecule has 0 saturated heterocycles. The van der Waals surface area contributed by atoms with Crippen LogP contribution in [0.25, 0.3) is 0 Å². The molecule has 1 unspecified atom stereocenters. The molecule has 0 radical (unpaired) electrons. The van der Waals surface area contributed by atoms with Gasteiger partial charge in [-0.2, -0.15) is 0 Å². The molecule has 1 atom stereocenters. The summed E-state index contributed by atoms with van der Waals surface area (Å²) >= 11 is 1.58. The first-order chi connectivity index (χ1) is 6.24. The molecule has 1 heterocycles. The third-order valence-corrected chi connectivity index (χ3v) is 3.43. The van der Waals surface area contributed by atoms with Crippen molar-refractivity contribution >= 4 is 11.3 Å². The Hall–Kier alpha value is -0.450. The van der Waals surface area contributed by atoms with Gasteiger partial charge in [0.05, 0.1) is 11.1 Å². The maximum absolute atomic E-state index is 10.2. The molecule has 0 spiro atoms. The molecule has 1 aliphatic carbocycles. The van der Waals surface area contributed by atoms with Crippen LogP contribution in [0, 0.1) is 5.92 Å². The number of aromatic nitrogens is 1. The van der Waals surface area contributed by atoms with Crippen molar-refractivity contribution in [1.82, 2.24) is 4.98 Å². The zero-order chi connectivity index (χ0) is 9.31. The van der Waals surface area contributed by atoms with Crippen LogP contribution in [0.4, 0.5) is 0 Å². The normalized spacial score (nSPS) is 21.4. The van der Waals surface area contributed by atoms with E-state index in [4.69, 9.17) is 5.73 Å². The van der Waals surface area contributed by atoms with Gasteiger partial charge >= 0.3 is 0 Å². The van der Waals surface area contributed by atoms with Gasteiger partial charge < -0.3 is 10.8 Å². The van der Waals surface area contributed by atoms with Crippen molar-refractivity contribution in [2.45, 2.75) is 24.9 Å². The standard InChI is InChI=1S/C9H14N2OS/c10-5-9(12,7-1-2-7)3-8-4-11-6-13-8/h4,6-7,12H,1-3,5,10H2. The second-order valence-corrected chi connectivity index (χ2v) is 4.70. The van der Waals surface area contributed by atoms with Gasteiger partial charge in [-0.1, -0.05) is 0 Å². The van der Waals surface area contributed by atoms with Gasteiger partial charge in [0.15, 0.2) is 0 Å². The van der Waals surface area contributed by atoms with Crippen LogP contribution in [0.2, 0.25) is 0 Å². The maximum atomic E-state index is 10.2. The van der Waals surface area contributed by atoms with Crippen molar-refractivity contribution in [3.63, 3.8) is 0 Å². The third-order valence-electron chi connectivity index (χ3n) is 2.65. The van der Waals surface area contributed by atoms with Crippen LogP contribution in [0.15, 0.2) is 11.7 Å². The number of hydrogen-bond acceptors (Lipinski definition) is 4. The SMILES string of the molecule is NCC(O)(Cc1cncs1)C1CC1. The predicted octanol–water partition coefficient (Wildman–Crippen LogP) is 0.785. The molecule has 1 aromatic heterocycles. The molecular formula is C9H14N2OS. The number of hydrogen-bond donors (Lipinski definition) is 2. The van der Waals surface area contributed by atoms with E-state index in [1.807, 2.05) is 6.20 Å². The minimum Gasteiger partial charge on any atom is -0.388 e. The largest absolute Gasteiger partial charge is 0.388 e. The lowest BCUT2D eigenvalue weighted by atomic mass is 9.93. The fourth-order valence-corrected chi connectivity index (χ4v) is 2.35. The van der Waals surface area contributed by atoms with Gasteiger partial charge in [0.1, 0.15) is 0 Å². The van der Waals surface area contributed by atoms with E-state index in [2.05, 4.69) is 4.98 Å². The molecule has 4 heteroatoms. The average Bonchev–Trinajstić information content (AvgIpc) is 2.88. The Morgan fingerprint density at radius 2 is 2.46 bits per heavy atom. The van der Waals surface area contributed by atoms with E-state index in [0.717, 1.165) is 17.7 Å². The average molecular weight is 198 g/mol. The highest BCUT2D eigenvalue weighted by atomic mass is 32.1. The first-order valence-electron chi connectivity index (χ1n) is 4.54. The van der Waals surface area contributed by atoms with Crippen molar-refractivity contribution < 1.29 is 5.11 Å². The molecule has 0 bridgehead atoms. The minimum absolute atomic E-state index is 0.357. The van der Waals surface area contributed by atoms with E-state index in [-0.39, 0.29) is 0 Å². The number of rotatable bonds is 4. The zero-order valence-corrected chi connectivity index (χ0v) is 8.26. The highest BCUT2D eigenvalue weighted by Gasteiger charge is 2.42. The van der Waals surface area contributed by atoms with Gasteiger partial charge in [-0.05, 0) is 18.8 Å². The van der Waals surface area contributed by atoms with Crippen molar-refractivity contribution in [1.29, 1.82) is 0 Å². The summed E-state index contributed by atoms with van der Waals surface area (Å²) in [5.41, 5.74) is 6.72. The first-order valence-corrected chi connectivity index (χ1v) is 5.42. The Labute approximate surface area is 81.6 Å². The van der Waals surface area contributed by atoms with Crippen LogP contribution in [0.5, 0.6) is 0 Å². The molecule has 72 valence electrons. The molecule has 13 heavy (non-hydrogen) atoms. The number of thiazole rings is 1. The Morgan fingerprint density at radius 1 is 1.69 bits per heavy atom. The third kappa shape index (κ3) is 1.90. The van der Waals surface area contributed by atoms with Crippen LogP contribution < -0.4 is 5.73 Å². The van der Waals surface area contributed by atoms with E-state index in [0.29, 0.717) is 18.9 Å². The second-order valence-electron chi connectivity index (χ2n) is 3.73. The van der Waals surface area contributed by atoms with Gasteiger partial charge in [-0.25, -0.2) is 0 Å².